The number of hydrogen-bond donors (Lipinski definition) is 0. The van der Waals surface area contributed by atoms with Gasteiger partial charge in [-0.1, -0.05) is 27.2 Å². The molecule has 1 saturated carbocycles. The second-order valence-electron chi connectivity index (χ2n) is 5.44. The van der Waals surface area contributed by atoms with Gasteiger partial charge in [-0.15, -0.1) is 0 Å². The molecule has 2 atom stereocenters. The first kappa shape index (κ1) is 12.0. The van der Waals surface area contributed by atoms with Crippen LogP contribution in [-0.2, 0) is 0 Å². The van der Waals surface area contributed by atoms with E-state index in [-0.39, 0.29) is 6.67 Å². The van der Waals surface area contributed by atoms with E-state index in [0.717, 1.165) is 18.3 Å². The normalized spacial score (nSPS) is 32.8. The molecule has 0 saturated heterocycles. The van der Waals surface area contributed by atoms with Crippen LogP contribution in [0.15, 0.2) is 0 Å². The van der Waals surface area contributed by atoms with Gasteiger partial charge in [0.25, 0.3) is 0 Å². The van der Waals surface area contributed by atoms with Gasteiger partial charge in [0.05, 0.1) is 6.67 Å². The van der Waals surface area contributed by atoms with Crippen LogP contribution in [0.4, 0.5) is 4.39 Å². The van der Waals surface area contributed by atoms with Crippen LogP contribution in [0.25, 0.3) is 0 Å². The van der Waals surface area contributed by atoms with Gasteiger partial charge in [-0.2, -0.15) is 0 Å². The van der Waals surface area contributed by atoms with Crippen LogP contribution in [0, 0.1) is 17.3 Å². The molecule has 84 valence electrons. The summed E-state index contributed by atoms with van der Waals surface area (Å²) in [6, 6.07) is 0. The van der Waals surface area contributed by atoms with Crippen LogP contribution >= 0.6 is 0 Å². The maximum atomic E-state index is 12.5. The van der Waals surface area contributed by atoms with E-state index in [4.69, 9.17) is 0 Å². The van der Waals surface area contributed by atoms with Gasteiger partial charge in [0.15, 0.2) is 0 Å². The summed E-state index contributed by atoms with van der Waals surface area (Å²) in [6.07, 6.45) is 7.14. The van der Waals surface area contributed by atoms with E-state index in [1.807, 2.05) is 0 Å². The molecule has 0 aromatic heterocycles. The van der Waals surface area contributed by atoms with Crippen LogP contribution in [-0.4, -0.2) is 6.67 Å². The van der Waals surface area contributed by atoms with Crippen molar-refractivity contribution in [2.75, 3.05) is 6.67 Å². The van der Waals surface area contributed by atoms with Crippen LogP contribution in [0.1, 0.15) is 59.3 Å². The van der Waals surface area contributed by atoms with Gasteiger partial charge in [0.2, 0.25) is 0 Å². The van der Waals surface area contributed by atoms with Gasteiger partial charge in [-0.3, -0.25) is 4.39 Å². The largest absolute Gasteiger partial charge is 0.251 e. The van der Waals surface area contributed by atoms with Gasteiger partial charge >= 0.3 is 0 Å². The molecule has 0 aliphatic heterocycles. The fourth-order valence-electron chi connectivity index (χ4n) is 3.13. The summed E-state index contributed by atoms with van der Waals surface area (Å²) in [5, 5.41) is 0. The molecule has 1 fully saturated rings. The minimum absolute atomic E-state index is 0.120. The Morgan fingerprint density at radius 2 is 2.07 bits per heavy atom. The highest BCUT2D eigenvalue weighted by Crippen LogP contribution is 2.49. The van der Waals surface area contributed by atoms with E-state index in [0.29, 0.717) is 5.41 Å². The molecule has 1 aliphatic carbocycles. The number of rotatable bonds is 5. The Hall–Kier alpha value is -0.0700. The molecule has 0 aromatic carbocycles. The Bertz CT molecular complexity index is 157. The van der Waals surface area contributed by atoms with Crippen molar-refractivity contribution in [1.82, 2.24) is 0 Å². The summed E-state index contributed by atoms with van der Waals surface area (Å²) < 4.78 is 12.5. The lowest BCUT2D eigenvalue weighted by molar-refractivity contribution is 0.202. The Morgan fingerprint density at radius 3 is 2.50 bits per heavy atom. The quantitative estimate of drug-likeness (QED) is 0.609. The summed E-state index contributed by atoms with van der Waals surface area (Å²) in [4.78, 5) is 0. The van der Waals surface area contributed by atoms with E-state index >= 15 is 0 Å². The highest BCUT2D eigenvalue weighted by atomic mass is 19.1. The summed E-state index contributed by atoms with van der Waals surface area (Å²) in [7, 11) is 0. The highest BCUT2D eigenvalue weighted by Gasteiger charge is 2.38. The molecule has 0 aromatic rings. The van der Waals surface area contributed by atoms with E-state index in [1.165, 1.54) is 32.1 Å². The molecular formula is C13H25F. The molecule has 0 unspecified atom stereocenters. The Morgan fingerprint density at radius 1 is 1.36 bits per heavy atom. The third-order valence-corrected chi connectivity index (χ3v) is 4.09. The molecule has 0 heterocycles. The van der Waals surface area contributed by atoms with Crippen molar-refractivity contribution in [3.05, 3.63) is 0 Å². The summed E-state index contributed by atoms with van der Waals surface area (Å²) in [6.45, 7) is 6.72. The minimum atomic E-state index is -0.120. The number of halogens is 1. The number of hydrogen-bond acceptors (Lipinski definition) is 0. The zero-order chi connectivity index (χ0) is 10.6. The lowest BCUT2D eigenvalue weighted by Gasteiger charge is -2.28. The van der Waals surface area contributed by atoms with Gasteiger partial charge in [-0.05, 0) is 49.4 Å². The highest BCUT2D eigenvalue weighted by molar-refractivity contribution is 4.89. The van der Waals surface area contributed by atoms with E-state index in [9.17, 15) is 4.39 Å². The van der Waals surface area contributed by atoms with Crippen LogP contribution in [0.5, 0.6) is 0 Å². The predicted octanol–water partition coefficient (Wildman–Crippen LogP) is 4.59. The average molecular weight is 200 g/mol. The molecule has 1 aliphatic rings. The molecule has 0 nitrogen and oxygen atoms in total. The summed E-state index contributed by atoms with van der Waals surface area (Å²) in [5.41, 5.74) is 0.373. The first-order valence-electron chi connectivity index (χ1n) is 6.19. The van der Waals surface area contributed by atoms with Gasteiger partial charge in [-0.25, -0.2) is 0 Å². The molecular weight excluding hydrogens is 175 g/mol. The molecule has 0 bridgehead atoms. The molecule has 0 radical (unpaired) electrons. The van der Waals surface area contributed by atoms with E-state index in [1.54, 1.807) is 0 Å². The fraction of sp³-hybridized carbons (Fsp3) is 1.00. The zero-order valence-electron chi connectivity index (χ0n) is 9.98. The van der Waals surface area contributed by atoms with Crippen molar-refractivity contribution in [2.45, 2.75) is 59.3 Å². The smallest absolute Gasteiger partial charge is 0.0899 e. The second kappa shape index (κ2) is 5.14. The average Bonchev–Trinajstić information content (AvgIpc) is 2.51. The lowest BCUT2D eigenvalue weighted by Crippen LogP contribution is -2.18. The Balaban J connectivity index is 2.54. The zero-order valence-corrected chi connectivity index (χ0v) is 9.98. The van der Waals surface area contributed by atoms with E-state index < -0.39 is 0 Å². The Kier molecular flexibility index (Phi) is 4.40. The summed E-state index contributed by atoms with van der Waals surface area (Å²) in [5.74, 6) is 1.64. The SMILES string of the molecule is CCC[C@@]1(CCF)CC[C@H](C(C)C)C1. The maximum Gasteiger partial charge on any atom is 0.0899 e. The first-order chi connectivity index (χ1) is 6.63. The first-order valence-corrected chi connectivity index (χ1v) is 6.19. The van der Waals surface area contributed by atoms with Crippen molar-refractivity contribution < 1.29 is 4.39 Å². The predicted molar refractivity (Wildman–Crippen MR) is 60.1 cm³/mol. The monoisotopic (exact) mass is 200 g/mol. The third-order valence-electron chi connectivity index (χ3n) is 4.09. The molecule has 0 amide bonds. The van der Waals surface area contributed by atoms with Crippen molar-refractivity contribution >= 4 is 0 Å². The van der Waals surface area contributed by atoms with Crippen LogP contribution in [0.3, 0.4) is 0 Å². The van der Waals surface area contributed by atoms with Gasteiger partial charge in [0.1, 0.15) is 0 Å². The fourth-order valence-corrected chi connectivity index (χ4v) is 3.13. The van der Waals surface area contributed by atoms with Crippen molar-refractivity contribution in [3.8, 4) is 0 Å². The van der Waals surface area contributed by atoms with Crippen LogP contribution in [0.2, 0.25) is 0 Å². The minimum Gasteiger partial charge on any atom is -0.251 e. The third kappa shape index (κ3) is 2.71. The van der Waals surface area contributed by atoms with Gasteiger partial charge in [0, 0.05) is 0 Å². The topological polar surface area (TPSA) is 0 Å². The number of alkyl halides is 1. The van der Waals surface area contributed by atoms with Crippen molar-refractivity contribution in [2.24, 2.45) is 17.3 Å². The Labute approximate surface area is 88.3 Å². The summed E-state index contributed by atoms with van der Waals surface area (Å²) >= 11 is 0. The molecule has 1 rings (SSSR count). The molecule has 0 spiro atoms. The van der Waals surface area contributed by atoms with Crippen LogP contribution < -0.4 is 0 Å². The van der Waals surface area contributed by atoms with Crippen molar-refractivity contribution in [3.63, 3.8) is 0 Å². The maximum absolute atomic E-state index is 12.5. The van der Waals surface area contributed by atoms with Crippen molar-refractivity contribution in [1.29, 1.82) is 0 Å². The standard InChI is InChI=1S/C13H25F/c1-4-6-13(8-9-14)7-5-12(10-13)11(2)3/h11-12H,4-10H2,1-3H3/t12-,13-/m0/s1. The molecule has 0 N–H and O–H groups in total. The van der Waals surface area contributed by atoms with Gasteiger partial charge < -0.3 is 0 Å². The molecule has 1 heteroatoms. The molecule has 14 heavy (non-hydrogen) atoms. The second-order valence-corrected chi connectivity index (χ2v) is 5.44. The van der Waals surface area contributed by atoms with E-state index in [2.05, 4.69) is 20.8 Å². The lowest BCUT2D eigenvalue weighted by atomic mass is 9.77.